The molecule has 0 saturated heterocycles. The Hall–Kier alpha value is -1.16. The Morgan fingerprint density at radius 1 is 1.50 bits per heavy atom. The molecule has 5 heteroatoms. The zero-order valence-electron chi connectivity index (χ0n) is 10.0. The molecular weight excluding hydrogens is 255 g/mol. The molecule has 1 heterocycles. The van der Waals surface area contributed by atoms with Crippen LogP contribution >= 0.6 is 11.6 Å². The van der Waals surface area contributed by atoms with Gasteiger partial charge < -0.3 is 5.32 Å². The number of amides is 1. The number of nitrogens with one attached hydrogen (secondary N) is 1. The second-order valence-electron chi connectivity index (χ2n) is 4.63. The van der Waals surface area contributed by atoms with E-state index in [4.69, 9.17) is 11.6 Å². The van der Waals surface area contributed by atoms with Crippen molar-refractivity contribution >= 4 is 17.5 Å². The van der Waals surface area contributed by atoms with E-state index >= 15 is 0 Å². The Balaban J connectivity index is 2.04. The quantitative estimate of drug-likeness (QED) is 0.858. The first-order chi connectivity index (χ1) is 8.72. The second kappa shape index (κ2) is 6.14. The first kappa shape index (κ1) is 13.3. The average molecular weight is 271 g/mol. The van der Waals surface area contributed by atoms with Crippen LogP contribution in [0.3, 0.4) is 0 Å². The standard InChI is InChI=1S/C13H16ClFN2O/c14-7-9-3-1-2-4-12(9)17-13(18)10-5-6-16-8-11(10)15/h5-6,8-9,12H,1-4,7H2,(H,17,18). The summed E-state index contributed by atoms with van der Waals surface area (Å²) in [5.41, 5.74) is 0.0453. The van der Waals surface area contributed by atoms with Crippen LogP contribution in [0.2, 0.25) is 0 Å². The third-order valence-corrected chi connectivity index (χ3v) is 3.84. The minimum absolute atomic E-state index is 0.0453. The Kier molecular flexibility index (Phi) is 4.53. The first-order valence-corrected chi connectivity index (χ1v) is 6.72. The van der Waals surface area contributed by atoms with Crippen molar-refractivity contribution in [2.75, 3.05) is 5.88 Å². The lowest BCUT2D eigenvalue weighted by Gasteiger charge is -2.30. The van der Waals surface area contributed by atoms with E-state index in [1.54, 1.807) is 0 Å². The van der Waals surface area contributed by atoms with Gasteiger partial charge in [-0.2, -0.15) is 0 Å². The number of alkyl halides is 1. The van der Waals surface area contributed by atoms with E-state index in [9.17, 15) is 9.18 Å². The van der Waals surface area contributed by atoms with Gasteiger partial charge in [-0.25, -0.2) is 4.39 Å². The summed E-state index contributed by atoms with van der Waals surface area (Å²) in [5.74, 6) is -0.150. The second-order valence-corrected chi connectivity index (χ2v) is 4.94. The summed E-state index contributed by atoms with van der Waals surface area (Å²) < 4.78 is 13.4. The van der Waals surface area contributed by atoms with Gasteiger partial charge in [0.2, 0.25) is 0 Å². The minimum Gasteiger partial charge on any atom is -0.349 e. The van der Waals surface area contributed by atoms with Gasteiger partial charge in [0.25, 0.3) is 5.91 Å². The summed E-state index contributed by atoms with van der Waals surface area (Å²) in [6, 6.07) is 1.44. The van der Waals surface area contributed by atoms with Gasteiger partial charge in [0.15, 0.2) is 5.82 Å². The van der Waals surface area contributed by atoms with E-state index in [-0.39, 0.29) is 23.4 Å². The predicted octanol–water partition coefficient (Wildman–Crippen LogP) is 2.75. The SMILES string of the molecule is O=C(NC1CCCCC1CCl)c1ccncc1F. The molecule has 18 heavy (non-hydrogen) atoms. The molecule has 0 radical (unpaired) electrons. The van der Waals surface area contributed by atoms with Crippen molar-refractivity contribution in [2.24, 2.45) is 5.92 Å². The number of carbonyl (C=O) groups excluding carboxylic acids is 1. The average Bonchev–Trinajstić information content (AvgIpc) is 2.39. The van der Waals surface area contributed by atoms with E-state index in [0.29, 0.717) is 5.88 Å². The van der Waals surface area contributed by atoms with Crippen LogP contribution in [0, 0.1) is 11.7 Å². The largest absolute Gasteiger partial charge is 0.349 e. The molecule has 2 rings (SSSR count). The molecule has 1 amide bonds. The molecule has 98 valence electrons. The number of pyridine rings is 1. The van der Waals surface area contributed by atoms with E-state index in [0.717, 1.165) is 31.9 Å². The topological polar surface area (TPSA) is 42.0 Å². The van der Waals surface area contributed by atoms with Crippen molar-refractivity contribution in [3.8, 4) is 0 Å². The summed E-state index contributed by atoms with van der Waals surface area (Å²) in [6.07, 6.45) is 6.63. The molecule has 2 atom stereocenters. The Bertz CT molecular complexity index is 427. The van der Waals surface area contributed by atoms with Gasteiger partial charge in [0, 0.05) is 18.1 Å². The number of carbonyl (C=O) groups is 1. The highest BCUT2D eigenvalue weighted by Gasteiger charge is 2.26. The number of halogens is 2. The molecule has 1 aliphatic rings. The Morgan fingerprint density at radius 2 is 2.28 bits per heavy atom. The van der Waals surface area contributed by atoms with Crippen LogP contribution in [-0.4, -0.2) is 22.8 Å². The van der Waals surface area contributed by atoms with Crippen LogP contribution in [-0.2, 0) is 0 Å². The zero-order valence-corrected chi connectivity index (χ0v) is 10.8. The predicted molar refractivity (Wildman–Crippen MR) is 68.1 cm³/mol. The van der Waals surface area contributed by atoms with Gasteiger partial charge in [-0.1, -0.05) is 12.8 Å². The third kappa shape index (κ3) is 2.99. The molecule has 1 aliphatic carbocycles. The van der Waals surface area contributed by atoms with Gasteiger partial charge in [0.1, 0.15) is 0 Å². The molecule has 3 nitrogen and oxygen atoms in total. The van der Waals surface area contributed by atoms with Crippen LogP contribution in [0.5, 0.6) is 0 Å². The lowest BCUT2D eigenvalue weighted by Crippen LogP contribution is -2.43. The van der Waals surface area contributed by atoms with Crippen LogP contribution in [0.15, 0.2) is 18.5 Å². The van der Waals surface area contributed by atoms with Gasteiger partial charge in [0.05, 0.1) is 11.8 Å². The molecule has 2 unspecified atom stereocenters. The molecule has 1 N–H and O–H groups in total. The number of hydrogen-bond donors (Lipinski definition) is 1. The van der Waals surface area contributed by atoms with Crippen molar-refractivity contribution in [1.82, 2.24) is 10.3 Å². The van der Waals surface area contributed by atoms with Crippen LogP contribution in [0.25, 0.3) is 0 Å². The van der Waals surface area contributed by atoms with E-state index in [1.807, 2.05) is 0 Å². The fraction of sp³-hybridized carbons (Fsp3) is 0.538. The molecule has 0 bridgehead atoms. The van der Waals surface area contributed by atoms with Crippen molar-refractivity contribution in [2.45, 2.75) is 31.7 Å². The summed E-state index contributed by atoms with van der Waals surface area (Å²) >= 11 is 5.90. The normalized spacial score (nSPS) is 23.7. The summed E-state index contributed by atoms with van der Waals surface area (Å²) in [6.45, 7) is 0. The van der Waals surface area contributed by atoms with E-state index in [1.165, 1.54) is 12.3 Å². The Morgan fingerprint density at radius 3 is 3.00 bits per heavy atom. The summed E-state index contributed by atoms with van der Waals surface area (Å²) in [7, 11) is 0. The van der Waals surface area contributed by atoms with Gasteiger partial charge >= 0.3 is 0 Å². The van der Waals surface area contributed by atoms with Crippen LogP contribution in [0.1, 0.15) is 36.0 Å². The molecule has 1 fully saturated rings. The summed E-state index contributed by atoms with van der Waals surface area (Å²) in [4.78, 5) is 15.6. The van der Waals surface area contributed by atoms with Gasteiger partial charge in [-0.3, -0.25) is 9.78 Å². The fourth-order valence-electron chi connectivity index (χ4n) is 2.39. The highest BCUT2D eigenvalue weighted by molar-refractivity contribution is 6.18. The number of nitrogens with zero attached hydrogens (tertiary/aromatic N) is 1. The van der Waals surface area contributed by atoms with E-state index < -0.39 is 5.82 Å². The van der Waals surface area contributed by atoms with E-state index in [2.05, 4.69) is 10.3 Å². The highest BCUT2D eigenvalue weighted by Crippen LogP contribution is 2.25. The highest BCUT2D eigenvalue weighted by atomic mass is 35.5. The molecule has 1 aromatic rings. The monoisotopic (exact) mass is 270 g/mol. The molecule has 0 aliphatic heterocycles. The molecule has 0 spiro atoms. The zero-order chi connectivity index (χ0) is 13.0. The first-order valence-electron chi connectivity index (χ1n) is 6.18. The lowest BCUT2D eigenvalue weighted by atomic mass is 9.85. The summed E-state index contributed by atoms with van der Waals surface area (Å²) in [5, 5.41) is 2.89. The third-order valence-electron chi connectivity index (χ3n) is 3.44. The lowest BCUT2D eigenvalue weighted by molar-refractivity contribution is 0.0907. The van der Waals surface area contributed by atoms with Crippen molar-refractivity contribution in [3.05, 3.63) is 29.8 Å². The molecule has 0 aromatic carbocycles. The van der Waals surface area contributed by atoms with Crippen molar-refractivity contribution in [3.63, 3.8) is 0 Å². The smallest absolute Gasteiger partial charge is 0.254 e. The molecule has 1 aromatic heterocycles. The fourth-order valence-corrected chi connectivity index (χ4v) is 2.76. The maximum absolute atomic E-state index is 13.4. The number of rotatable bonds is 3. The molecule has 1 saturated carbocycles. The van der Waals surface area contributed by atoms with Crippen molar-refractivity contribution in [1.29, 1.82) is 0 Å². The van der Waals surface area contributed by atoms with Gasteiger partial charge in [-0.05, 0) is 24.8 Å². The van der Waals surface area contributed by atoms with Crippen LogP contribution in [0.4, 0.5) is 4.39 Å². The minimum atomic E-state index is -0.590. The maximum atomic E-state index is 13.4. The number of hydrogen-bond acceptors (Lipinski definition) is 2. The maximum Gasteiger partial charge on any atom is 0.254 e. The number of aromatic nitrogens is 1. The van der Waals surface area contributed by atoms with Crippen molar-refractivity contribution < 1.29 is 9.18 Å². The van der Waals surface area contributed by atoms with Gasteiger partial charge in [-0.15, -0.1) is 11.6 Å². The molecular formula is C13H16ClFN2O. The van der Waals surface area contributed by atoms with Crippen LogP contribution < -0.4 is 5.32 Å². The Labute approximate surface area is 111 Å².